The minimum atomic E-state index is -0.156. The lowest BCUT2D eigenvalue weighted by Gasteiger charge is -2.26. The van der Waals surface area contributed by atoms with E-state index in [1.807, 2.05) is 36.7 Å². The van der Waals surface area contributed by atoms with Crippen molar-refractivity contribution in [3.05, 3.63) is 69.8 Å². The second-order valence-corrected chi connectivity index (χ2v) is 11.3. The molecule has 7 rings (SSSR count). The summed E-state index contributed by atoms with van der Waals surface area (Å²) in [7, 11) is 0. The van der Waals surface area contributed by atoms with E-state index < -0.39 is 0 Å². The molecule has 3 aliphatic heterocycles. The number of carbonyl (C=O) groups excluding carboxylic acids is 1. The molecule has 2 aromatic rings. The Morgan fingerprint density at radius 2 is 2.03 bits per heavy atom. The van der Waals surface area contributed by atoms with Crippen molar-refractivity contribution >= 4 is 34.4 Å². The molecule has 0 spiro atoms. The van der Waals surface area contributed by atoms with Crippen LogP contribution < -0.4 is 11.2 Å². The van der Waals surface area contributed by atoms with E-state index in [1.165, 1.54) is 4.88 Å². The molecule has 0 radical (unpaired) electrons. The molecule has 178 valence electrons. The Bertz CT molecular complexity index is 1350. The number of nitrogens with zero attached hydrogens (tertiary/aromatic N) is 4. The number of aryl methyl sites for hydroxylation is 1. The molecular weight excluding hydrogens is 460 g/mol. The van der Waals surface area contributed by atoms with Crippen molar-refractivity contribution in [3.63, 3.8) is 0 Å². The first-order valence-corrected chi connectivity index (χ1v) is 13.0. The Labute approximate surface area is 207 Å². The fraction of sp³-hybridized carbons (Fsp3) is 0.385. The number of aromatic nitrogens is 1. The number of fused-ring (bicyclic) bond motifs is 3. The summed E-state index contributed by atoms with van der Waals surface area (Å²) >= 11 is 1.60. The van der Waals surface area contributed by atoms with Gasteiger partial charge in [-0.05, 0) is 61.3 Å². The topological polar surface area (TPSA) is 102 Å². The highest BCUT2D eigenvalue weighted by Crippen LogP contribution is 2.57. The zero-order chi connectivity index (χ0) is 23.7. The molecule has 4 heterocycles. The lowest BCUT2D eigenvalue weighted by atomic mass is 9.93. The van der Waals surface area contributed by atoms with Crippen molar-refractivity contribution in [2.45, 2.75) is 26.2 Å². The molecule has 2 aliphatic carbocycles. The van der Waals surface area contributed by atoms with Crippen LogP contribution in [-0.4, -0.2) is 40.7 Å². The van der Waals surface area contributed by atoms with Crippen LogP contribution in [-0.2, 0) is 17.6 Å². The number of anilines is 1. The molecule has 35 heavy (non-hydrogen) atoms. The standard InChI is InChI=1S/C26H26N6O2S/c1-14-2-7-19-21(10-14)35-26(29-19)31-25(33)16-5-3-15(4-6-16)24-30-23(22-17-12-34-13-18(17)22)20-11-28-8-9-32(20,24)27/h3-6,8-9,11,14,17-18,22H,2,7,10,12-13,27H2,1H3/p+1/t14?,17-,18+,22-,32?. The number of aliphatic imine (C=N–C) groups is 2. The molecule has 1 saturated heterocycles. The van der Waals surface area contributed by atoms with E-state index in [9.17, 15) is 4.79 Å². The summed E-state index contributed by atoms with van der Waals surface area (Å²) < 4.78 is 5.58. The second kappa shape index (κ2) is 7.76. The van der Waals surface area contributed by atoms with E-state index in [2.05, 4.69) is 22.2 Å². The molecular formula is C26H27N6O2S+. The number of thiazole rings is 1. The van der Waals surface area contributed by atoms with Crippen molar-refractivity contribution in [2.24, 2.45) is 39.5 Å². The van der Waals surface area contributed by atoms with Crippen molar-refractivity contribution in [3.8, 4) is 0 Å². The van der Waals surface area contributed by atoms with Crippen LogP contribution in [0.2, 0.25) is 0 Å². The predicted molar refractivity (Wildman–Crippen MR) is 135 cm³/mol. The number of amides is 1. The largest absolute Gasteiger partial charge is 0.381 e. The summed E-state index contributed by atoms with van der Waals surface area (Å²) in [4.78, 5) is 28.3. The van der Waals surface area contributed by atoms with Crippen LogP contribution in [0.1, 0.15) is 39.8 Å². The predicted octanol–water partition coefficient (Wildman–Crippen LogP) is 3.63. The van der Waals surface area contributed by atoms with Crippen LogP contribution in [0.3, 0.4) is 0 Å². The minimum absolute atomic E-state index is 0.00423. The first kappa shape index (κ1) is 21.3. The maximum atomic E-state index is 12.9. The van der Waals surface area contributed by atoms with Gasteiger partial charge in [-0.25, -0.2) is 4.98 Å². The summed E-state index contributed by atoms with van der Waals surface area (Å²) in [6, 6.07) is 7.50. The van der Waals surface area contributed by atoms with Crippen molar-refractivity contribution in [1.29, 1.82) is 0 Å². The summed E-state index contributed by atoms with van der Waals surface area (Å²) in [5.74, 6) is 9.56. The average Bonchev–Trinajstić information content (AvgIpc) is 3.19. The molecule has 1 saturated carbocycles. The zero-order valence-corrected chi connectivity index (χ0v) is 20.3. The highest BCUT2D eigenvalue weighted by Gasteiger charge is 2.60. The van der Waals surface area contributed by atoms with Gasteiger partial charge < -0.3 is 4.74 Å². The SMILES string of the molecule is CC1CCc2nc(NC(=O)c3ccc(C4=NC([C@@H]5[C@@H]6COC[C@@H]65)=C5C=NC=C[N+]45N)cc3)sc2C1. The van der Waals surface area contributed by atoms with Crippen LogP contribution in [0.4, 0.5) is 5.13 Å². The van der Waals surface area contributed by atoms with Crippen LogP contribution in [0.25, 0.3) is 0 Å². The first-order valence-electron chi connectivity index (χ1n) is 12.2. The maximum Gasteiger partial charge on any atom is 0.264 e. The van der Waals surface area contributed by atoms with Gasteiger partial charge in [-0.1, -0.05) is 6.92 Å². The number of carbonyl (C=O) groups is 1. The van der Waals surface area contributed by atoms with E-state index in [1.54, 1.807) is 17.5 Å². The third kappa shape index (κ3) is 3.37. The highest BCUT2D eigenvalue weighted by molar-refractivity contribution is 7.15. The number of hydrogen-bond donors (Lipinski definition) is 2. The fourth-order valence-electron chi connectivity index (χ4n) is 5.83. The molecule has 2 unspecified atom stereocenters. The van der Waals surface area contributed by atoms with Gasteiger partial charge in [0.25, 0.3) is 11.7 Å². The number of hydrogen-bond acceptors (Lipinski definition) is 7. The van der Waals surface area contributed by atoms with Gasteiger partial charge in [0.05, 0.1) is 36.9 Å². The number of allylic oxidation sites excluding steroid dienone is 2. The summed E-state index contributed by atoms with van der Waals surface area (Å²) in [5.41, 5.74) is 4.55. The monoisotopic (exact) mass is 487 g/mol. The smallest absolute Gasteiger partial charge is 0.264 e. The molecule has 1 amide bonds. The van der Waals surface area contributed by atoms with E-state index in [-0.39, 0.29) is 10.5 Å². The number of rotatable bonds is 4. The Morgan fingerprint density at radius 3 is 2.83 bits per heavy atom. The highest BCUT2D eigenvalue weighted by atomic mass is 32.1. The Kier molecular flexibility index (Phi) is 4.73. The van der Waals surface area contributed by atoms with Gasteiger partial charge in [0.1, 0.15) is 11.9 Å². The summed E-state index contributed by atoms with van der Waals surface area (Å²) in [5, 5.41) is 3.67. The van der Waals surface area contributed by atoms with Crippen LogP contribution in [0, 0.1) is 23.7 Å². The molecule has 9 heteroatoms. The van der Waals surface area contributed by atoms with Gasteiger partial charge in [-0.3, -0.25) is 15.1 Å². The van der Waals surface area contributed by atoms with Gasteiger partial charge in [0.15, 0.2) is 5.13 Å². The number of ether oxygens (including phenoxy) is 1. The molecule has 1 aromatic heterocycles. The first-order chi connectivity index (χ1) is 17.0. The average molecular weight is 488 g/mol. The van der Waals surface area contributed by atoms with E-state index in [0.29, 0.717) is 34.4 Å². The second-order valence-electron chi connectivity index (χ2n) is 10.2. The molecule has 5 atom stereocenters. The van der Waals surface area contributed by atoms with E-state index >= 15 is 0 Å². The van der Waals surface area contributed by atoms with Crippen LogP contribution in [0.5, 0.6) is 0 Å². The minimum Gasteiger partial charge on any atom is -0.381 e. The molecule has 5 aliphatic rings. The Hall–Kier alpha value is -2.98. The van der Waals surface area contributed by atoms with Gasteiger partial charge in [0, 0.05) is 16.4 Å². The quantitative estimate of drug-likeness (QED) is 0.508. The number of nitrogens with one attached hydrogen (secondary N) is 1. The fourth-order valence-corrected chi connectivity index (χ4v) is 7.00. The number of amidine groups is 1. The van der Waals surface area contributed by atoms with E-state index in [0.717, 1.165) is 61.0 Å². The van der Waals surface area contributed by atoms with Gasteiger partial charge in [0.2, 0.25) is 5.70 Å². The third-order valence-corrected chi connectivity index (χ3v) is 8.94. The van der Waals surface area contributed by atoms with Gasteiger partial charge >= 0.3 is 0 Å². The van der Waals surface area contributed by atoms with Crippen molar-refractivity contribution in [1.82, 2.24) is 4.98 Å². The Balaban J connectivity index is 1.12. The van der Waals surface area contributed by atoms with Gasteiger partial charge in [-0.2, -0.15) is 10.8 Å². The summed E-state index contributed by atoms with van der Waals surface area (Å²) in [6.45, 7) is 3.85. The van der Waals surface area contributed by atoms with Crippen LogP contribution >= 0.6 is 11.3 Å². The lowest BCUT2D eigenvalue weighted by molar-refractivity contribution is -0.750. The third-order valence-electron chi connectivity index (χ3n) is 7.90. The molecule has 2 fully saturated rings. The molecule has 0 bridgehead atoms. The number of quaternary nitrogens is 1. The van der Waals surface area contributed by atoms with E-state index in [4.69, 9.17) is 15.6 Å². The lowest BCUT2D eigenvalue weighted by Crippen LogP contribution is -2.53. The zero-order valence-electron chi connectivity index (χ0n) is 19.5. The van der Waals surface area contributed by atoms with Crippen molar-refractivity contribution in [2.75, 3.05) is 18.5 Å². The number of nitrogens with two attached hydrogens (primary N) is 1. The Morgan fingerprint density at radius 1 is 1.23 bits per heavy atom. The van der Waals surface area contributed by atoms with Gasteiger partial charge in [-0.15, -0.1) is 15.9 Å². The van der Waals surface area contributed by atoms with Crippen molar-refractivity contribution < 1.29 is 14.1 Å². The molecule has 1 aromatic carbocycles. The molecule has 3 N–H and O–H groups in total. The normalized spacial score (nSPS) is 32.2. The maximum absolute atomic E-state index is 12.9. The van der Waals surface area contributed by atoms with Crippen LogP contribution in [0.15, 0.2) is 58.0 Å². The molecule has 8 nitrogen and oxygen atoms in total. The number of benzene rings is 1. The summed E-state index contributed by atoms with van der Waals surface area (Å²) in [6.07, 6.45) is 8.61.